The maximum Gasteiger partial charge on any atom is 0.264 e. The first-order valence-electron chi connectivity index (χ1n) is 11.3. The van der Waals surface area contributed by atoms with Gasteiger partial charge in [0.2, 0.25) is 10.0 Å². The lowest BCUT2D eigenvalue weighted by Crippen LogP contribution is -2.30. The van der Waals surface area contributed by atoms with Crippen LogP contribution < -0.4 is 14.9 Å². The van der Waals surface area contributed by atoms with Crippen LogP contribution in [0.3, 0.4) is 0 Å². The molecule has 9 nitrogen and oxygen atoms in total. The largest absolute Gasteiger partial charge is 0.350 e. The van der Waals surface area contributed by atoms with Crippen LogP contribution in [0.2, 0.25) is 0 Å². The lowest BCUT2D eigenvalue weighted by Gasteiger charge is -2.20. The Kier molecular flexibility index (Phi) is 6.66. The first kappa shape index (κ1) is 24.5. The molecule has 0 radical (unpaired) electrons. The van der Waals surface area contributed by atoms with Gasteiger partial charge >= 0.3 is 0 Å². The van der Waals surface area contributed by atoms with Crippen LogP contribution in [0.25, 0.3) is 0 Å². The van der Waals surface area contributed by atoms with E-state index < -0.39 is 15.9 Å². The number of benzene rings is 2. The number of hydrogen-bond acceptors (Lipinski definition) is 6. The van der Waals surface area contributed by atoms with Crippen molar-refractivity contribution in [1.82, 2.24) is 19.8 Å². The number of sulfonamides is 1. The number of anilines is 1. The smallest absolute Gasteiger partial charge is 0.264 e. The van der Waals surface area contributed by atoms with E-state index in [0.29, 0.717) is 17.8 Å². The van der Waals surface area contributed by atoms with Crippen LogP contribution in [0.15, 0.2) is 48.5 Å². The van der Waals surface area contributed by atoms with Crippen molar-refractivity contribution in [2.75, 3.05) is 17.7 Å². The molecule has 1 atom stereocenters. The van der Waals surface area contributed by atoms with Crippen molar-refractivity contribution < 1.29 is 18.0 Å². The van der Waals surface area contributed by atoms with Crippen molar-refractivity contribution in [1.29, 1.82) is 0 Å². The number of hydrogen-bond donors (Lipinski definition) is 2. The summed E-state index contributed by atoms with van der Waals surface area (Å²) in [6.45, 7) is 7.95. The Hall–Kier alpha value is -3.66. The van der Waals surface area contributed by atoms with Gasteiger partial charge < -0.3 is 10.2 Å². The molecule has 1 aliphatic rings. The van der Waals surface area contributed by atoms with Gasteiger partial charge in [-0.3, -0.25) is 9.59 Å². The molecule has 2 aromatic carbocycles. The normalized spacial score (nSPS) is 13.9. The summed E-state index contributed by atoms with van der Waals surface area (Å²) in [4.78, 5) is 27.5. The Labute approximate surface area is 205 Å². The lowest BCUT2D eigenvalue weighted by atomic mass is 10.1. The van der Waals surface area contributed by atoms with E-state index in [9.17, 15) is 18.0 Å². The van der Waals surface area contributed by atoms with E-state index in [1.807, 2.05) is 29.3 Å². The molecule has 2 N–H and O–H groups in total. The average Bonchev–Trinajstić information content (AvgIpc) is 3.30. The second-order valence-electron chi connectivity index (χ2n) is 8.94. The number of aryl methyl sites for hydroxylation is 2. The zero-order valence-corrected chi connectivity index (χ0v) is 21.0. The Balaban J connectivity index is 1.49. The fraction of sp³-hybridized carbons (Fsp3) is 0.320. The van der Waals surface area contributed by atoms with Crippen LogP contribution in [0, 0.1) is 13.8 Å². The van der Waals surface area contributed by atoms with Crippen molar-refractivity contribution in [3.63, 3.8) is 0 Å². The maximum absolute atomic E-state index is 13.3. The van der Waals surface area contributed by atoms with Crippen LogP contribution in [-0.2, 0) is 23.1 Å². The predicted octanol–water partition coefficient (Wildman–Crippen LogP) is 2.70. The van der Waals surface area contributed by atoms with Crippen molar-refractivity contribution in [3.05, 3.63) is 82.0 Å². The lowest BCUT2D eigenvalue weighted by molar-refractivity contribution is 0.0937. The van der Waals surface area contributed by atoms with E-state index in [1.54, 1.807) is 12.1 Å². The molecule has 0 fully saturated rings. The van der Waals surface area contributed by atoms with E-state index in [4.69, 9.17) is 0 Å². The molecule has 3 aromatic rings. The summed E-state index contributed by atoms with van der Waals surface area (Å²) in [5.41, 5.74) is 4.61. The third-order valence-electron chi connectivity index (χ3n) is 5.96. The maximum atomic E-state index is 13.3. The zero-order valence-electron chi connectivity index (χ0n) is 20.2. The molecule has 10 heteroatoms. The molecular formula is C25H29N5O4S. The molecule has 1 aromatic heterocycles. The molecule has 0 spiro atoms. The van der Waals surface area contributed by atoms with Gasteiger partial charge in [-0.25, -0.2) is 17.8 Å². The van der Waals surface area contributed by atoms with E-state index in [0.717, 1.165) is 30.7 Å². The first-order chi connectivity index (χ1) is 16.5. The Morgan fingerprint density at radius 2 is 1.77 bits per heavy atom. The predicted molar refractivity (Wildman–Crippen MR) is 134 cm³/mol. The van der Waals surface area contributed by atoms with E-state index >= 15 is 0 Å². The summed E-state index contributed by atoms with van der Waals surface area (Å²) in [5, 5.41) is 7.62. The molecule has 184 valence electrons. The van der Waals surface area contributed by atoms with Crippen molar-refractivity contribution in [3.8, 4) is 0 Å². The first-order valence-corrected chi connectivity index (χ1v) is 13.2. The Morgan fingerprint density at radius 1 is 1.06 bits per heavy atom. The number of carbonyl (C=O) groups excluding carboxylic acids is 2. The number of nitrogens with one attached hydrogen (secondary N) is 2. The summed E-state index contributed by atoms with van der Waals surface area (Å²) in [7, 11) is -3.64. The number of carbonyl (C=O) groups is 2. The van der Waals surface area contributed by atoms with Gasteiger partial charge in [0.25, 0.3) is 11.8 Å². The van der Waals surface area contributed by atoms with Crippen molar-refractivity contribution in [2.45, 2.75) is 39.9 Å². The van der Waals surface area contributed by atoms with Gasteiger partial charge in [-0.15, -0.1) is 0 Å². The fourth-order valence-electron chi connectivity index (χ4n) is 4.32. The third-order valence-corrected chi connectivity index (χ3v) is 6.52. The standard InChI is InChI=1S/C25H29N5O4S/c1-16-6-5-7-19(14-16)15-29-12-13-30-25(29)22(18(3)27-30)24(32)26-17(2)20-8-10-21(11-9-20)23(31)28-35(4,33)34/h5-11,14,17H,12-13,15H2,1-4H3,(H,26,32)(H,28,31)/t17-/m0/s1. The topological polar surface area (TPSA) is 113 Å². The molecule has 0 bridgehead atoms. The molecule has 2 amide bonds. The minimum absolute atomic E-state index is 0.216. The molecule has 0 saturated carbocycles. The number of fused-ring (bicyclic) bond motifs is 1. The van der Waals surface area contributed by atoms with Gasteiger partial charge in [-0.05, 0) is 44.0 Å². The molecule has 35 heavy (non-hydrogen) atoms. The molecule has 0 unspecified atom stereocenters. The van der Waals surface area contributed by atoms with Gasteiger partial charge in [0.05, 0.1) is 24.5 Å². The number of amides is 2. The molecule has 2 heterocycles. The highest BCUT2D eigenvalue weighted by Gasteiger charge is 2.30. The average molecular weight is 496 g/mol. The quantitative estimate of drug-likeness (QED) is 0.521. The Bertz CT molecular complexity index is 1380. The van der Waals surface area contributed by atoms with Crippen LogP contribution in [-0.4, -0.2) is 42.8 Å². The fourth-order valence-corrected chi connectivity index (χ4v) is 4.78. The SMILES string of the molecule is Cc1cccc(CN2CCn3nc(C)c(C(=O)N[C@@H](C)c4ccc(C(=O)NS(C)(=O)=O)cc4)c32)c1. The minimum Gasteiger partial charge on any atom is -0.350 e. The van der Waals surface area contributed by atoms with Crippen molar-refractivity contribution >= 4 is 27.7 Å². The minimum atomic E-state index is -3.64. The second kappa shape index (κ2) is 9.53. The van der Waals surface area contributed by atoms with E-state index in [1.165, 1.54) is 23.3 Å². The van der Waals surface area contributed by atoms with Crippen LogP contribution in [0.5, 0.6) is 0 Å². The van der Waals surface area contributed by atoms with E-state index in [2.05, 4.69) is 40.4 Å². The molecule has 0 aliphatic carbocycles. The van der Waals surface area contributed by atoms with E-state index in [-0.39, 0.29) is 17.5 Å². The third kappa shape index (κ3) is 5.54. The van der Waals surface area contributed by atoms with Gasteiger partial charge in [-0.1, -0.05) is 42.0 Å². The van der Waals surface area contributed by atoms with Crippen LogP contribution >= 0.6 is 0 Å². The van der Waals surface area contributed by atoms with Gasteiger partial charge in [-0.2, -0.15) is 5.10 Å². The highest BCUT2D eigenvalue weighted by atomic mass is 32.2. The van der Waals surface area contributed by atoms with Crippen molar-refractivity contribution in [2.24, 2.45) is 0 Å². The van der Waals surface area contributed by atoms with Gasteiger partial charge in [0, 0.05) is 18.7 Å². The molecular weight excluding hydrogens is 466 g/mol. The van der Waals surface area contributed by atoms with Gasteiger partial charge in [0.15, 0.2) is 0 Å². The summed E-state index contributed by atoms with van der Waals surface area (Å²) in [5.74, 6) is -0.0942. The monoisotopic (exact) mass is 495 g/mol. The van der Waals surface area contributed by atoms with Crippen LogP contribution in [0.4, 0.5) is 5.82 Å². The highest BCUT2D eigenvalue weighted by molar-refractivity contribution is 7.89. The highest BCUT2D eigenvalue weighted by Crippen LogP contribution is 2.30. The summed E-state index contributed by atoms with van der Waals surface area (Å²) >= 11 is 0. The Morgan fingerprint density at radius 3 is 2.43 bits per heavy atom. The summed E-state index contributed by atoms with van der Waals surface area (Å²) in [6.07, 6.45) is 0.925. The number of aromatic nitrogens is 2. The van der Waals surface area contributed by atoms with Crippen LogP contribution in [0.1, 0.15) is 56.1 Å². The molecule has 4 rings (SSSR count). The second-order valence-corrected chi connectivity index (χ2v) is 10.7. The number of rotatable bonds is 7. The number of nitrogens with zero attached hydrogens (tertiary/aromatic N) is 3. The summed E-state index contributed by atoms with van der Waals surface area (Å²) in [6, 6.07) is 14.4. The zero-order chi connectivity index (χ0) is 25.3. The molecule has 0 saturated heterocycles. The summed E-state index contributed by atoms with van der Waals surface area (Å²) < 4.78 is 26.4. The van der Waals surface area contributed by atoms with Gasteiger partial charge in [0.1, 0.15) is 11.4 Å². The molecule has 1 aliphatic heterocycles.